The van der Waals surface area contributed by atoms with Crippen LogP contribution in [0, 0.1) is 0 Å². The number of nitrogens with zero attached hydrogens (tertiary/aromatic N) is 3. The van der Waals surface area contributed by atoms with Crippen molar-refractivity contribution < 1.29 is 0 Å². The van der Waals surface area contributed by atoms with Gasteiger partial charge in [0.2, 0.25) is 0 Å². The molecule has 0 saturated heterocycles. The van der Waals surface area contributed by atoms with Crippen LogP contribution >= 0.6 is 11.8 Å². The van der Waals surface area contributed by atoms with Gasteiger partial charge in [0.15, 0.2) is 0 Å². The Morgan fingerprint density at radius 3 is 2.89 bits per heavy atom. The summed E-state index contributed by atoms with van der Waals surface area (Å²) in [5.74, 6) is 1.68. The summed E-state index contributed by atoms with van der Waals surface area (Å²) in [6, 6.07) is 0. The highest BCUT2D eigenvalue weighted by Gasteiger charge is 2.16. The van der Waals surface area contributed by atoms with Crippen LogP contribution in [0.25, 0.3) is 0 Å². The standard InChI is InChI=1S/C14H23N3S/c1-14(2,3)18-10-9-17-11-13(15-16-17)12-7-5-4-6-8-12/h4-5,11-12H,6-10H2,1-3H3/t12-/m0/s1. The molecule has 4 heteroatoms. The van der Waals surface area contributed by atoms with E-state index in [0.29, 0.717) is 10.7 Å². The van der Waals surface area contributed by atoms with E-state index in [1.807, 2.05) is 16.4 Å². The van der Waals surface area contributed by atoms with Crippen molar-refractivity contribution in [1.29, 1.82) is 0 Å². The summed E-state index contributed by atoms with van der Waals surface area (Å²) >= 11 is 1.97. The van der Waals surface area contributed by atoms with Crippen LogP contribution < -0.4 is 0 Å². The van der Waals surface area contributed by atoms with Crippen molar-refractivity contribution in [3.8, 4) is 0 Å². The normalized spacial score (nSPS) is 20.3. The fraction of sp³-hybridized carbons (Fsp3) is 0.714. The molecule has 0 unspecified atom stereocenters. The number of allylic oxidation sites excluding steroid dienone is 2. The van der Waals surface area contributed by atoms with Crippen molar-refractivity contribution in [3.63, 3.8) is 0 Å². The molecule has 0 radical (unpaired) electrons. The summed E-state index contributed by atoms with van der Waals surface area (Å²) in [6.45, 7) is 7.70. The zero-order valence-corrected chi connectivity index (χ0v) is 12.4. The largest absolute Gasteiger partial charge is 0.251 e. The van der Waals surface area contributed by atoms with Gasteiger partial charge in [-0.2, -0.15) is 11.8 Å². The molecule has 0 saturated carbocycles. The van der Waals surface area contributed by atoms with Gasteiger partial charge in [-0.25, -0.2) is 0 Å². The molecular formula is C14H23N3S. The van der Waals surface area contributed by atoms with E-state index in [1.165, 1.54) is 18.5 Å². The summed E-state index contributed by atoms with van der Waals surface area (Å²) in [5.41, 5.74) is 1.17. The summed E-state index contributed by atoms with van der Waals surface area (Å²) in [4.78, 5) is 0. The minimum atomic E-state index is 0.331. The Labute approximate surface area is 114 Å². The lowest BCUT2D eigenvalue weighted by atomic mass is 9.92. The number of aryl methyl sites for hydroxylation is 1. The fourth-order valence-electron chi connectivity index (χ4n) is 2.12. The second-order valence-electron chi connectivity index (χ2n) is 5.85. The van der Waals surface area contributed by atoms with Crippen molar-refractivity contribution in [1.82, 2.24) is 15.0 Å². The second-order valence-corrected chi connectivity index (χ2v) is 7.77. The number of hydrogen-bond donors (Lipinski definition) is 0. The topological polar surface area (TPSA) is 30.7 Å². The Bertz CT molecular complexity index is 403. The SMILES string of the molecule is CC(C)(C)SCCn1cc([C@H]2CC=CCC2)nn1. The number of hydrogen-bond acceptors (Lipinski definition) is 3. The van der Waals surface area contributed by atoms with Gasteiger partial charge in [0.05, 0.1) is 12.2 Å². The van der Waals surface area contributed by atoms with Crippen LogP contribution in [-0.4, -0.2) is 25.5 Å². The van der Waals surface area contributed by atoms with Crippen LogP contribution in [0.1, 0.15) is 51.6 Å². The summed E-state index contributed by atoms with van der Waals surface area (Å²) < 4.78 is 2.32. The van der Waals surface area contributed by atoms with Gasteiger partial charge in [-0.3, -0.25) is 4.68 Å². The molecule has 1 aliphatic rings. The Hall–Kier alpha value is -0.770. The summed E-state index contributed by atoms with van der Waals surface area (Å²) in [7, 11) is 0. The minimum absolute atomic E-state index is 0.331. The van der Waals surface area contributed by atoms with Crippen LogP contribution in [0.3, 0.4) is 0 Å². The molecule has 0 aliphatic heterocycles. The molecule has 1 heterocycles. The average Bonchev–Trinajstić information content (AvgIpc) is 2.77. The molecule has 1 atom stereocenters. The molecule has 0 spiro atoms. The van der Waals surface area contributed by atoms with Crippen LogP contribution in [0.4, 0.5) is 0 Å². The molecule has 1 aliphatic carbocycles. The number of rotatable bonds is 4. The highest BCUT2D eigenvalue weighted by atomic mass is 32.2. The molecule has 100 valence electrons. The van der Waals surface area contributed by atoms with Crippen LogP contribution in [0.2, 0.25) is 0 Å². The monoisotopic (exact) mass is 265 g/mol. The molecular weight excluding hydrogens is 242 g/mol. The Kier molecular flexibility index (Phi) is 4.49. The molecule has 2 rings (SSSR count). The summed E-state index contributed by atoms with van der Waals surface area (Å²) in [6.07, 6.45) is 10.2. The molecule has 3 nitrogen and oxygen atoms in total. The van der Waals surface area contributed by atoms with Crippen LogP contribution in [0.5, 0.6) is 0 Å². The first-order valence-electron chi connectivity index (χ1n) is 6.73. The summed E-state index contributed by atoms with van der Waals surface area (Å²) in [5, 5.41) is 8.56. The van der Waals surface area contributed by atoms with Crippen LogP contribution in [-0.2, 0) is 6.54 Å². The Morgan fingerprint density at radius 2 is 2.22 bits per heavy atom. The maximum Gasteiger partial charge on any atom is 0.0861 e. The Balaban J connectivity index is 1.84. The molecule has 0 fully saturated rings. The lowest BCUT2D eigenvalue weighted by Gasteiger charge is -2.17. The zero-order chi connectivity index (χ0) is 13.0. The van der Waals surface area contributed by atoms with Crippen LogP contribution in [0.15, 0.2) is 18.3 Å². The van der Waals surface area contributed by atoms with E-state index in [-0.39, 0.29) is 0 Å². The van der Waals surface area contributed by atoms with Crippen molar-refractivity contribution in [2.24, 2.45) is 0 Å². The zero-order valence-electron chi connectivity index (χ0n) is 11.6. The van der Waals surface area contributed by atoms with E-state index in [1.54, 1.807) is 0 Å². The fourth-order valence-corrected chi connectivity index (χ4v) is 3.01. The highest BCUT2D eigenvalue weighted by Crippen LogP contribution is 2.27. The maximum absolute atomic E-state index is 4.32. The molecule has 18 heavy (non-hydrogen) atoms. The smallest absolute Gasteiger partial charge is 0.0861 e. The van der Waals surface area contributed by atoms with Gasteiger partial charge in [-0.1, -0.05) is 38.1 Å². The average molecular weight is 265 g/mol. The van der Waals surface area contributed by atoms with Gasteiger partial charge >= 0.3 is 0 Å². The molecule has 1 aromatic rings. The maximum atomic E-state index is 4.32. The van der Waals surface area contributed by atoms with E-state index in [2.05, 4.69) is 49.4 Å². The van der Waals surface area contributed by atoms with E-state index in [0.717, 1.165) is 18.7 Å². The Morgan fingerprint density at radius 1 is 1.39 bits per heavy atom. The molecule has 0 bridgehead atoms. The minimum Gasteiger partial charge on any atom is -0.251 e. The third-order valence-corrected chi connectivity index (χ3v) is 4.35. The van der Waals surface area contributed by atoms with Crippen molar-refractivity contribution in [2.45, 2.75) is 57.2 Å². The van der Waals surface area contributed by atoms with E-state index < -0.39 is 0 Å². The van der Waals surface area contributed by atoms with Gasteiger partial charge < -0.3 is 0 Å². The van der Waals surface area contributed by atoms with E-state index in [4.69, 9.17) is 0 Å². The predicted octanol–water partition coefficient (Wildman–Crippen LogP) is 3.63. The molecule has 1 aromatic heterocycles. The third kappa shape index (κ3) is 4.16. The van der Waals surface area contributed by atoms with Crippen molar-refractivity contribution in [3.05, 3.63) is 24.0 Å². The van der Waals surface area contributed by atoms with Crippen molar-refractivity contribution >= 4 is 11.8 Å². The molecule has 0 N–H and O–H groups in total. The van der Waals surface area contributed by atoms with E-state index >= 15 is 0 Å². The predicted molar refractivity (Wildman–Crippen MR) is 78.0 cm³/mol. The van der Waals surface area contributed by atoms with Gasteiger partial charge in [-0.05, 0) is 19.3 Å². The highest BCUT2D eigenvalue weighted by molar-refractivity contribution is 8.00. The first-order valence-corrected chi connectivity index (χ1v) is 7.72. The van der Waals surface area contributed by atoms with Gasteiger partial charge in [0, 0.05) is 22.6 Å². The number of aromatic nitrogens is 3. The number of thioether (sulfide) groups is 1. The van der Waals surface area contributed by atoms with E-state index in [9.17, 15) is 0 Å². The third-order valence-electron chi connectivity index (χ3n) is 3.10. The quantitative estimate of drug-likeness (QED) is 0.779. The second kappa shape index (κ2) is 5.91. The molecule has 0 aromatic carbocycles. The molecule has 0 amide bonds. The van der Waals surface area contributed by atoms with Gasteiger partial charge in [-0.15, -0.1) is 5.10 Å². The lowest BCUT2D eigenvalue weighted by Crippen LogP contribution is -2.11. The van der Waals surface area contributed by atoms with Crippen molar-refractivity contribution in [2.75, 3.05) is 5.75 Å². The van der Waals surface area contributed by atoms with Gasteiger partial charge in [0.25, 0.3) is 0 Å². The lowest BCUT2D eigenvalue weighted by molar-refractivity contribution is 0.597. The first-order chi connectivity index (χ1) is 8.54. The first kappa shape index (κ1) is 13.7. The van der Waals surface area contributed by atoms with Gasteiger partial charge in [0.1, 0.15) is 0 Å².